The molecule has 1 aromatic heterocycles. The predicted molar refractivity (Wildman–Crippen MR) is 125 cm³/mol. The standard InChI is InChI=1S/C25H26N2O9/c1-31-17-10-13(11-18(32-2)23(17)36-25(30)33-3)21-20-19(14-6-4-5-7-15(14)26-20)22(34-9-8-28)16-12-35-24(29)27(16)21/h4-7,10-11,16,21-22,26,28H,8-9,12H2,1-3H3/t16-,21-,22+/m1/s1. The molecule has 0 saturated carbocycles. The summed E-state index contributed by atoms with van der Waals surface area (Å²) in [5.74, 6) is 0.485. The molecule has 2 N–H and O–H groups in total. The Hall–Kier alpha value is -3.96. The van der Waals surface area contributed by atoms with Crippen molar-refractivity contribution < 1.29 is 43.1 Å². The zero-order valence-electron chi connectivity index (χ0n) is 20.0. The molecule has 2 aliphatic heterocycles. The smallest absolute Gasteiger partial charge is 0.493 e. The number of benzene rings is 2. The van der Waals surface area contributed by atoms with Crippen LogP contribution >= 0.6 is 0 Å². The highest BCUT2D eigenvalue weighted by Gasteiger charge is 2.51. The van der Waals surface area contributed by atoms with E-state index in [1.807, 2.05) is 24.3 Å². The molecule has 5 rings (SSSR count). The third kappa shape index (κ3) is 3.76. The van der Waals surface area contributed by atoms with E-state index < -0.39 is 30.4 Å². The molecule has 3 atom stereocenters. The Labute approximate surface area is 206 Å². The van der Waals surface area contributed by atoms with Crippen LogP contribution in [0.2, 0.25) is 0 Å². The van der Waals surface area contributed by atoms with Gasteiger partial charge in [0.05, 0.1) is 34.5 Å². The van der Waals surface area contributed by atoms with Gasteiger partial charge in [0.15, 0.2) is 11.5 Å². The minimum Gasteiger partial charge on any atom is -0.493 e. The van der Waals surface area contributed by atoms with Gasteiger partial charge in [0, 0.05) is 22.2 Å². The number of carbonyl (C=O) groups is 2. The largest absolute Gasteiger partial charge is 0.513 e. The Kier molecular flexibility index (Phi) is 6.33. The summed E-state index contributed by atoms with van der Waals surface area (Å²) in [4.78, 5) is 29.9. The molecule has 3 aromatic rings. The van der Waals surface area contributed by atoms with Gasteiger partial charge in [0.1, 0.15) is 24.8 Å². The quantitative estimate of drug-likeness (QED) is 0.372. The van der Waals surface area contributed by atoms with Gasteiger partial charge >= 0.3 is 12.2 Å². The van der Waals surface area contributed by atoms with E-state index >= 15 is 0 Å². The number of fused-ring (bicyclic) bond motifs is 4. The maximum Gasteiger partial charge on any atom is 0.513 e. The lowest BCUT2D eigenvalue weighted by Gasteiger charge is -2.40. The van der Waals surface area contributed by atoms with Crippen LogP contribution in [-0.2, 0) is 14.2 Å². The molecule has 0 radical (unpaired) electrons. The summed E-state index contributed by atoms with van der Waals surface area (Å²) in [6.45, 7) is 0.0748. The molecule has 1 amide bonds. The number of nitrogens with zero attached hydrogens (tertiary/aromatic N) is 1. The van der Waals surface area contributed by atoms with Crippen molar-refractivity contribution in [3.8, 4) is 17.2 Å². The topological polar surface area (TPSA) is 129 Å². The number of amides is 1. The van der Waals surface area contributed by atoms with Crippen LogP contribution in [0.4, 0.5) is 9.59 Å². The normalized spacial score (nSPS) is 20.5. The average Bonchev–Trinajstić information content (AvgIpc) is 3.47. The second-order valence-corrected chi connectivity index (χ2v) is 8.28. The van der Waals surface area contributed by atoms with E-state index in [1.165, 1.54) is 21.3 Å². The van der Waals surface area contributed by atoms with Crippen LogP contribution in [0, 0.1) is 0 Å². The van der Waals surface area contributed by atoms with E-state index in [-0.39, 0.29) is 37.1 Å². The van der Waals surface area contributed by atoms with Gasteiger partial charge in [-0.3, -0.25) is 4.90 Å². The third-order valence-electron chi connectivity index (χ3n) is 6.45. The van der Waals surface area contributed by atoms with E-state index in [1.54, 1.807) is 17.0 Å². The number of rotatable bonds is 7. The van der Waals surface area contributed by atoms with Crippen LogP contribution in [0.25, 0.3) is 10.9 Å². The Morgan fingerprint density at radius 3 is 2.56 bits per heavy atom. The molecule has 0 bridgehead atoms. The van der Waals surface area contributed by atoms with Crippen LogP contribution in [-0.4, -0.2) is 74.4 Å². The van der Waals surface area contributed by atoms with Crippen LogP contribution < -0.4 is 14.2 Å². The lowest BCUT2D eigenvalue weighted by Crippen LogP contribution is -2.46. The summed E-state index contributed by atoms with van der Waals surface area (Å²) < 4.78 is 32.4. The van der Waals surface area contributed by atoms with Gasteiger partial charge < -0.3 is 38.5 Å². The average molecular weight is 498 g/mol. The van der Waals surface area contributed by atoms with Gasteiger partial charge in [-0.15, -0.1) is 0 Å². The first-order valence-corrected chi connectivity index (χ1v) is 11.3. The molecule has 0 aliphatic carbocycles. The maximum atomic E-state index is 13.0. The number of methoxy groups -OCH3 is 3. The Morgan fingerprint density at radius 2 is 1.89 bits per heavy atom. The van der Waals surface area contributed by atoms with Crippen LogP contribution in [0.15, 0.2) is 36.4 Å². The molecule has 0 spiro atoms. The number of aromatic amines is 1. The van der Waals surface area contributed by atoms with Crippen molar-refractivity contribution in [1.29, 1.82) is 0 Å². The molecule has 190 valence electrons. The van der Waals surface area contributed by atoms with Crippen molar-refractivity contribution in [1.82, 2.24) is 9.88 Å². The highest BCUT2D eigenvalue weighted by Crippen LogP contribution is 2.51. The zero-order chi connectivity index (χ0) is 25.4. The summed E-state index contributed by atoms with van der Waals surface area (Å²) in [5, 5.41) is 10.4. The van der Waals surface area contributed by atoms with E-state index in [0.717, 1.165) is 22.2 Å². The van der Waals surface area contributed by atoms with Gasteiger partial charge in [0.2, 0.25) is 5.75 Å². The third-order valence-corrected chi connectivity index (χ3v) is 6.45. The Balaban J connectivity index is 1.72. The lowest BCUT2D eigenvalue weighted by molar-refractivity contribution is -0.0247. The number of para-hydroxylation sites is 1. The second-order valence-electron chi connectivity index (χ2n) is 8.28. The first-order valence-electron chi connectivity index (χ1n) is 11.3. The summed E-state index contributed by atoms with van der Waals surface area (Å²) in [6.07, 6.45) is -1.95. The maximum absolute atomic E-state index is 13.0. The van der Waals surface area contributed by atoms with Crippen molar-refractivity contribution >= 4 is 23.2 Å². The minimum atomic E-state index is -0.929. The molecule has 11 heteroatoms. The summed E-state index contributed by atoms with van der Waals surface area (Å²) in [7, 11) is 4.07. The van der Waals surface area contributed by atoms with Crippen molar-refractivity contribution in [3.63, 3.8) is 0 Å². The number of hydrogen-bond acceptors (Lipinski definition) is 9. The number of aromatic nitrogens is 1. The number of cyclic esters (lactones) is 1. The number of carbonyl (C=O) groups excluding carboxylic acids is 2. The minimum absolute atomic E-state index is 0.0491. The fourth-order valence-electron chi connectivity index (χ4n) is 5.00. The molecule has 0 unspecified atom stereocenters. The molecule has 3 heterocycles. The summed E-state index contributed by atoms with van der Waals surface area (Å²) in [6, 6.07) is 10.1. The molecule has 1 saturated heterocycles. The summed E-state index contributed by atoms with van der Waals surface area (Å²) in [5.41, 5.74) is 3.14. The van der Waals surface area contributed by atoms with Gasteiger partial charge in [0.25, 0.3) is 0 Å². The van der Waals surface area contributed by atoms with Gasteiger partial charge in [-0.1, -0.05) is 18.2 Å². The number of hydrogen-bond donors (Lipinski definition) is 2. The van der Waals surface area contributed by atoms with Crippen molar-refractivity contribution in [2.24, 2.45) is 0 Å². The number of nitrogens with one attached hydrogen (secondary N) is 1. The predicted octanol–water partition coefficient (Wildman–Crippen LogP) is 3.30. The van der Waals surface area contributed by atoms with Crippen molar-refractivity contribution in [3.05, 3.63) is 53.2 Å². The highest BCUT2D eigenvalue weighted by molar-refractivity contribution is 5.87. The number of H-pyrrole nitrogens is 1. The van der Waals surface area contributed by atoms with Gasteiger partial charge in [-0.2, -0.15) is 0 Å². The lowest BCUT2D eigenvalue weighted by atomic mass is 9.86. The van der Waals surface area contributed by atoms with E-state index in [9.17, 15) is 14.7 Å². The van der Waals surface area contributed by atoms with E-state index in [4.69, 9.17) is 23.7 Å². The van der Waals surface area contributed by atoms with Crippen LogP contribution in [0.1, 0.15) is 29.0 Å². The van der Waals surface area contributed by atoms with E-state index in [0.29, 0.717) is 5.56 Å². The second kappa shape index (κ2) is 9.59. The zero-order valence-corrected chi connectivity index (χ0v) is 20.0. The first kappa shape index (κ1) is 23.8. The Bertz CT molecular complexity index is 1280. The fourth-order valence-corrected chi connectivity index (χ4v) is 5.00. The molecule has 2 aromatic carbocycles. The number of aliphatic hydroxyl groups excluding tert-OH is 1. The van der Waals surface area contributed by atoms with Gasteiger partial charge in [-0.25, -0.2) is 9.59 Å². The summed E-state index contributed by atoms with van der Waals surface area (Å²) >= 11 is 0. The van der Waals surface area contributed by atoms with E-state index in [2.05, 4.69) is 9.72 Å². The van der Waals surface area contributed by atoms with Crippen LogP contribution in [0.5, 0.6) is 17.2 Å². The fraction of sp³-hybridized carbons (Fsp3) is 0.360. The van der Waals surface area contributed by atoms with Crippen molar-refractivity contribution in [2.45, 2.75) is 18.2 Å². The molecular formula is C25H26N2O9. The van der Waals surface area contributed by atoms with Gasteiger partial charge in [-0.05, 0) is 23.8 Å². The number of aliphatic hydroxyl groups is 1. The molecular weight excluding hydrogens is 472 g/mol. The molecule has 2 aliphatic rings. The Morgan fingerprint density at radius 1 is 1.17 bits per heavy atom. The monoisotopic (exact) mass is 498 g/mol. The SMILES string of the molecule is COC(=O)Oc1c(OC)cc([C@@H]2c3[nH]c4ccccc4c3[C@@H](OCCO)[C@H]3COC(=O)N23)cc1OC. The first-order chi connectivity index (χ1) is 17.5. The molecule has 1 fully saturated rings. The van der Waals surface area contributed by atoms with Crippen LogP contribution in [0.3, 0.4) is 0 Å². The molecule has 36 heavy (non-hydrogen) atoms. The number of ether oxygens (including phenoxy) is 6. The molecule has 11 nitrogen and oxygen atoms in total. The highest BCUT2D eigenvalue weighted by atomic mass is 16.7. The van der Waals surface area contributed by atoms with Crippen molar-refractivity contribution in [2.75, 3.05) is 41.2 Å².